The predicted molar refractivity (Wildman–Crippen MR) is 108 cm³/mol. The number of nitrogens with one attached hydrogen (secondary N) is 1. The number of amides is 1. The zero-order valence-corrected chi connectivity index (χ0v) is 16.6. The quantitative estimate of drug-likeness (QED) is 0.486. The third-order valence-corrected chi connectivity index (χ3v) is 3.83. The van der Waals surface area contributed by atoms with E-state index in [-0.39, 0.29) is 13.0 Å². The van der Waals surface area contributed by atoms with Gasteiger partial charge in [0.15, 0.2) is 6.61 Å². The molecule has 0 bridgehead atoms. The minimum absolute atomic E-state index is 0.160. The van der Waals surface area contributed by atoms with Gasteiger partial charge >= 0.3 is 11.9 Å². The van der Waals surface area contributed by atoms with Gasteiger partial charge in [-0.25, -0.2) is 4.79 Å². The number of carbonyl (C=O) groups is 3. The summed E-state index contributed by atoms with van der Waals surface area (Å²) >= 11 is 0. The summed E-state index contributed by atoms with van der Waals surface area (Å²) in [6, 6.07) is 13.9. The minimum Gasteiger partial charge on any atom is -0.494 e. The van der Waals surface area contributed by atoms with Crippen LogP contribution in [-0.4, -0.2) is 37.7 Å². The second kappa shape index (κ2) is 11.5. The maximum Gasteiger partial charge on any atom is 0.338 e. The molecule has 0 atom stereocenters. The number of hydrogen-bond acceptors (Lipinski definition) is 6. The Hall–Kier alpha value is -3.35. The second-order valence-electron chi connectivity index (χ2n) is 6.28. The molecule has 0 spiro atoms. The Labute approximate surface area is 170 Å². The Bertz CT molecular complexity index is 831. The van der Waals surface area contributed by atoms with Crippen LogP contribution in [0.4, 0.5) is 5.69 Å². The van der Waals surface area contributed by atoms with Crippen molar-refractivity contribution in [1.82, 2.24) is 0 Å². The first-order chi connectivity index (χ1) is 14.0. The molecule has 0 aliphatic heterocycles. The number of aryl methyl sites for hydroxylation is 1. The van der Waals surface area contributed by atoms with Crippen molar-refractivity contribution in [1.29, 1.82) is 0 Å². The summed E-state index contributed by atoms with van der Waals surface area (Å²) in [6.07, 6.45) is 0.650. The molecule has 0 aromatic heterocycles. The fourth-order valence-corrected chi connectivity index (χ4v) is 2.43. The number of esters is 2. The van der Waals surface area contributed by atoms with E-state index in [1.165, 1.54) is 0 Å². The van der Waals surface area contributed by atoms with Crippen molar-refractivity contribution in [3.8, 4) is 5.75 Å². The van der Waals surface area contributed by atoms with Crippen LogP contribution in [0.3, 0.4) is 0 Å². The van der Waals surface area contributed by atoms with Gasteiger partial charge in [0, 0.05) is 12.1 Å². The van der Waals surface area contributed by atoms with Gasteiger partial charge in [-0.1, -0.05) is 12.1 Å². The van der Waals surface area contributed by atoms with E-state index in [1.807, 2.05) is 31.2 Å². The SMILES string of the molecule is CCOC(=O)c1ccc(NC(=O)COC(=O)CCCOc2cccc(C)c2)cc1. The molecule has 0 radical (unpaired) electrons. The fraction of sp³-hybridized carbons (Fsp3) is 0.318. The number of anilines is 1. The molecule has 1 N–H and O–H groups in total. The summed E-state index contributed by atoms with van der Waals surface area (Å²) in [4.78, 5) is 35.2. The van der Waals surface area contributed by atoms with Crippen molar-refractivity contribution >= 4 is 23.5 Å². The first-order valence-corrected chi connectivity index (χ1v) is 9.40. The Morgan fingerprint density at radius 2 is 1.76 bits per heavy atom. The van der Waals surface area contributed by atoms with Crippen LogP contribution in [0.5, 0.6) is 5.75 Å². The van der Waals surface area contributed by atoms with Gasteiger partial charge in [0.2, 0.25) is 0 Å². The number of benzene rings is 2. The highest BCUT2D eigenvalue weighted by Gasteiger charge is 2.10. The lowest BCUT2D eigenvalue weighted by Gasteiger charge is -2.08. The summed E-state index contributed by atoms with van der Waals surface area (Å²) < 4.78 is 15.4. The molecule has 2 aromatic carbocycles. The topological polar surface area (TPSA) is 90.9 Å². The van der Waals surface area contributed by atoms with Crippen LogP contribution < -0.4 is 10.1 Å². The molecule has 0 heterocycles. The normalized spacial score (nSPS) is 10.1. The van der Waals surface area contributed by atoms with Gasteiger partial charge in [0.1, 0.15) is 5.75 Å². The van der Waals surface area contributed by atoms with Crippen molar-refractivity contribution < 1.29 is 28.6 Å². The van der Waals surface area contributed by atoms with Gasteiger partial charge < -0.3 is 19.5 Å². The zero-order chi connectivity index (χ0) is 21.1. The molecule has 7 nitrogen and oxygen atoms in total. The summed E-state index contributed by atoms with van der Waals surface area (Å²) in [5.74, 6) is -0.596. The Kier molecular flexibility index (Phi) is 8.69. The lowest BCUT2D eigenvalue weighted by atomic mass is 10.2. The fourth-order valence-electron chi connectivity index (χ4n) is 2.43. The number of hydrogen-bond donors (Lipinski definition) is 1. The zero-order valence-electron chi connectivity index (χ0n) is 16.6. The predicted octanol–water partition coefficient (Wildman–Crippen LogP) is 3.51. The van der Waals surface area contributed by atoms with Crippen molar-refractivity contribution in [2.24, 2.45) is 0 Å². The maximum atomic E-state index is 11.9. The molecular weight excluding hydrogens is 374 g/mol. The van der Waals surface area contributed by atoms with E-state index >= 15 is 0 Å². The molecule has 2 rings (SSSR count). The van der Waals surface area contributed by atoms with E-state index in [0.717, 1.165) is 11.3 Å². The van der Waals surface area contributed by atoms with Crippen LogP contribution in [0.25, 0.3) is 0 Å². The van der Waals surface area contributed by atoms with E-state index in [1.54, 1.807) is 31.2 Å². The molecule has 7 heteroatoms. The molecule has 154 valence electrons. The Balaban J connectivity index is 1.64. The summed E-state index contributed by atoms with van der Waals surface area (Å²) in [6.45, 7) is 4.00. The van der Waals surface area contributed by atoms with Gasteiger partial charge in [0.25, 0.3) is 5.91 Å². The molecule has 0 aliphatic rings. The molecule has 29 heavy (non-hydrogen) atoms. The third-order valence-electron chi connectivity index (χ3n) is 3.83. The van der Waals surface area contributed by atoms with Gasteiger partial charge in [-0.2, -0.15) is 0 Å². The number of ether oxygens (including phenoxy) is 3. The Morgan fingerprint density at radius 3 is 2.45 bits per heavy atom. The van der Waals surface area contributed by atoms with Gasteiger partial charge in [0.05, 0.1) is 18.8 Å². The smallest absolute Gasteiger partial charge is 0.338 e. The van der Waals surface area contributed by atoms with Gasteiger partial charge in [-0.05, 0) is 62.2 Å². The highest BCUT2D eigenvalue weighted by Crippen LogP contribution is 2.13. The highest BCUT2D eigenvalue weighted by atomic mass is 16.5. The summed E-state index contributed by atoms with van der Waals surface area (Å²) in [5, 5.41) is 2.60. The molecule has 2 aromatic rings. The maximum absolute atomic E-state index is 11.9. The average Bonchev–Trinajstić information content (AvgIpc) is 2.70. The van der Waals surface area contributed by atoms with Crippen molar-refractivity contribution in [3.05, 3.63) is 59.7 Å². The first-order valence-electron chi connectivity index (χ1n) is 9.40. The van der Waals surface area contributed by atoms with Crippen LogP contribution in [0.15, 0.2) is 48.5 Å². The van der Waals surface area contributed by atoms with Crippen molar-refractivity contribution in [3.63, 3.8) is 0 Å². The van der Waals surface area contributed by atoms with E-state index in [9.17, 15) is 14.4 Å². The molecule has 0 saturated carbocycles. The van der Waals surface area contributed by atoms with Crippen molar-refractivity contribution in [2.75, 3.05) is 25.1 Å². The lowest BCUT2D eigenvalue weighted by molar-refractivity contribution is -0.147. The molecular formula is C22H25NO6. The van der Waals surface area contributed by atoms with E-state index in [4.69, 9.17) is 14.2 Å². The minimum atomic E-state index is -0.467. The van der Waals surface area contributed by atoms with Crippen molar-refractivity contribution in [2.45, 2.75) is 26.7 Å². The van der Waals surface area contributed by atoms with E-state index in [2.05, 4.69) is 5.32 Å². The highest BCUT2D eigenvalue weighted by molar-refractivity contribution is 5.94. The van der Waals surface area contributed by atoms with Gasteiger partial charge in [-0.15, -0.1) is 0 Å². The molecule has 0 aliphatic carbocycles. The lowest BCUT2D eigenvalue weighted by Crippen LogP contribution is -2.21. The largest absolute Gasteiger partial charge is 0.494 e. The average molecular weight is 399 g/mol. The standard InChI is InChI=1S/C22H25NO6/c1-3-27-22(26)17-9-11-18(12-10-17)23-20(24)15-29-21(25)8-5-13-28-19-7-4-6-16(2)14-19/h4,6-7,9-12,14H,3,5,8,13,15H2,1-2H3,(H,23,24). The third kappa shape index (κ3) is 8.04. The van der Waals surface area contributed by atoms with Crippen LogP contribution in [0, 0.1) is 6.92 Å². The molecule has 0 unspecified atom stereocenters. The summed E-state index contributed by atoms with van der Waals surface area (Å²) in [7, 11) is 0. The molecule has 0 saturated heterocycles. The van der Waals surface area contributed by atoms with E-state index < -0.39 is 17.8 Å². The molecule has 1 amide bonds. The van der Waals surface area contributed by atoms with Crippen LogP contribution in [0.1, 0.15) is 35.7 Å². The number of carbonyl (C=O) groups excluding carboxylic acids is 3. The monoisotopic (exact) mass is 399 g/mol. The summed E-state index contributed by atoms with van der Waals surface area (Å²) in [5.41, 5.74) is 1.98. The van der Waals surface area contributed by atoms with Crippen LogP contribution in [0.2, 0.25) is 0 Å². The second-order valence-corrected chi connectivity index (χ2v) is 6.28. The first kappa shape index (κ1) is 21.9. The number of rotatable bonds is 10. The van der Waals surface area contributed by atoms with E-state index in [0.29, 0.717) is 30.9 Å². The van der Waals surface area contributed by atoms with Crippen LogP contribution >= 0.6 is 0 Å². The Morgan fingerprint density at radius 1 is 1.00 bits per heavy atom. The van der Waals surface area contributed by atoms with Gasteiger partial charge in [-0.3, -0.25) is 9.59 Å². The molecule has 0 fully saturated rings. The van der Waals surface area contributed by atoms with Crippen LogP contribution in [-0.2, 0) is 19.1 Å².